The maximum absolute atomic E-state index is 13.0. The third-order valence-electron chi connectivity index (χ3n) is 5.28. The van der Waals surface area contributed by atoms with E-state index in [0.717, 1.165) is 5.69 Å². The molecule has 2 aromatic carbocycles. The Morgan fingerprint density at radius 2 is 1.66 bits per heavy atom. The molecule has 0 bridgehead atoms. The molecular formula is C20H21N3O5S. The zero-order valence-corrected chi connectivity index (χ0v) is 17.0. The molecule has 29 heavy (non-hydrogen) atoms. The summed E-state index contributed by atoms with van der Waals surface area (Å²) in [6.07, 6.45) is 0. The van der Waals surface area contributed by atoms with Gasteiger partial charge in [0.1, 0.15) is 0 Å². The molecule has 9 heteroatoms. The molecule has 0 spiro atoms. The third-order valence-corrected chi connectivity index (χ3v) is 7.17. The molecule has 1 saturated heterocycles. The first-order chi connectivity index (χ1) is 13.8. The Morgan fingerprint density at radius 3 is 2.28 bits per heavy atom. The minimum Gasteiger partial charge on any atom is -0.408 e. The summed E-state index contributed by atoms with van der Waals surface area (Å²) in [4.78, 5) is 25.3. The van der Waals surface area contributed by atoms with Crippen LogP contribution in [0.3, 0.4) is 0 Å². The number of aryl methyl sites for hydroxylation is 1. The Kier molecular flexibility index (Phi) is 4.79. The second-order valence-electron chi connectivity index (χ2n) is 7.05. The van der Waals surface area contributed by atoms with Gasteiger partial charge < -0.3 is 9.32 Å². The second kappa shape index (κ2) is 7.16. The van der Waals surface area contributed by atoms with Crippen molar-refractivity contribution in [1.82, 2.24) is 8.87 Å². The van der Waals surface area contributed by atoms with E-state index in [2.05, 4.69) is 4.90 Å². The molecule has 1 aliphatic rings. The number of ketones is 1. The molecule has 0 unspecified atom stereocenters. The first-order valence-electron chi connectivity index (χ1n) is 9.23. The van der Waals surface area contributed by atoms with Gasteiger partial charge in [0.2, 0.25) is 10.0 Å². The average molecular weight is 415 g/mol. The van der Waals surface area contributed by atoms with Crippen LogP contribution in [0.5, 0.6) is 0 Å². The largest absolute Gasteiger partial charge is 0.419 e. The topological polar surface area (TPSA) is 92.8 Å². The monoisotopic (exact) mass is 415 g/mol. The average Bonchev–Trinajstić information content (AvgIpc) is 3.01. The highest BCUT2D eigenvalue weighted by Gasteiger charge is 2.29. The number of Topliss-reactive ketones (excluding diaryl/α,β-unsaturated/α-hetero) is 1. The maximum Gasteiger partial charge on any atom is 0.419 e. The van der Waals surface area contributed by atoms with Crippen LogP contribution in [0.25, 0.3) is 11.1 Å². The number of oxazole rings is 1. The van der Waals surface area contributed by atoms with Gasteiger partial charge in [0.05, 0.1) is 10.4 Å². The lowest BCUT2D eigenvalue weighted by atomic mass is 10.1. The quantitative estimate of drug-likeness (QED) is 0.604. The van der Waals surface area contributed by atoms with Crippen molar-refractivity contribution in [2.24, 2.45) is 7.05 Å². The van der Waals surface area contributed by atoms with Gasteiger partial charge in [-0.15, -0.1) is 0 Å². The van der Waals surface area contributed by atoms with Crippen molar-refractivity contribution in [3.05, 3.63) is 58.6 Å². The summed E-state index contributed by atoms with van der Waals surface area (Å²) < 4.78 is 33.9. The first kappa shape index (κ1) is 19.4. The van der Waals surface area contributed by atoms with Crippen molar-refractivity contribution in [3.8, 4) is 0 Å². The van der Waals surface area contributed by atoms with Crippen LogP contribution in [-0.2, 0) is 17.1 Å². The Hall–Kier alpha value is -2.91. The van der Waals surface area contributed by atoms with Crippen LogP contribution in [0.1, 0.15) is 17.3 Å². The number of nitrogens with zero attached hydrogens (tertiary/aromatic N) is 3. The van der Waals surface area contributed by atoms with Crippen LogP contribution in [0.15, 0.2) is 56.6 Å². The van der Waals surface area contributed by atoms with E-state index in [1.807, 2.05) is 12.1 Å². The summed E-state index contributed by atoms with van der Waals surface area (Å²) in [6.45, 7) is 3.29. The van der Waals surface area contributed by atoms with Crippen molar-refractivity contribution < 1.29 is 17.6 Å². The molecule has 0 amide bonds. The molecule has 1 aromatic heterocycles. The van der Waals surface area contributed by atoms with Crippen LogP contribution in [-0.4, -0.2) is 49.3 Å². The highest BCUT2D eigenvalue weighted by molar-refractivity contribution is 7.89. The standard InChI is InChI=1S/C20H21N3O5S/c1-14(24)15-3-5-16(6-4-15)22-9-11-23(12-10-22)29(26,27)17-7-8-18-19(13-17)28-20(25)21(18)2/h3-8,13H,9-12H2,1-2H3. The second-order valence-corrected chi connectivity index (χ2v) is 8.99. The Bertz CT molecular complexity index is 1230. The molecule has 8 nitrogen and oxygen atoms in total. The normalized spacial score (nSPS) is 15.7. The van der Waals surface area contributed by atoms with Crippen molar-refractivity contribution in [3.63, 3.8) is 0 Å². The summed E-state index contributed by atoms with van der Waals surface area (Å²) in [7, 11) is -2.12. The molecule has 2 heterocycles. The fraction of sp³-hybridized carbons (Fsp3) is 0.300. The fourth-order valence-corrected chi connectivity index (χ4v) is 4.96. The Balaban J connectivity index is 1.51. The summed E-state index contributed by atoms with van der Waals surface area (Å²) in [5.41, 5.74) is 2.41. The van der Waals surface area contributed by atoms with E-state index >= 15 is 0 Å². The van der Waals surface area contributed by atoms with Gasteiger partial charge in [-0.25, -0.2) is 13.2 Å². The predicted molar refractivity (Wildman–Crippen MR) is 109 cm³/mol. The van der Waals surface area contributed by atoms with Crippen molar-refractivity contribution in [2.75, 3.05) is 31.1 Å². The van der Waals surface area contributed by atoms with Crippen LogP contribution in [0, 0.1) is 0 Å². The lowest BCUT2D eigenvalue weighted by Gasteiger charge is -2.35. The molecule has 4 rings (SSSR count). The highest BCUT2D eigenvalue weighted by atomic mass is 32.2. The molecule has 0 N–H and O–H groups in total. The van der Waals surface area contributed by atoms with E-state index in [-0.39, 0.29) is 16.3 Å². The molecule has 0 saturated carbocycles. The van der Waals surface area contributed by atoms with Crippen molar-refractivity contribution in [2.45, 2.75) is 11.8 Å². The molecule has 1 aliphatic heterocycles. The van der Waals surface area contributed by atoms with Crippen LogP contribution >= 0.6 is 0 Å². The van der Waals surface area contributed by atoms with E-state index in [1.54, 1.807) is 25.2 Å². The number of anilines is 1. The van der Waals surface area contributed by atoms with Gasteiger partial charge in [0.25, 0.3) is 0 Å². The van der Waals surface area contributed by atoms with Gasteiger partial charge in [-0.1, -0.05) is 0 Å². The van der Waals surface area contributed by atoms with Crippen LogP contribution in [0.2, 0.25) is 0 Å². The zero-order valence-electron chi connectivity index (χ0n) is 16.2. The SMILES string of the molecule is CC(=O)c1ccc(N2CCN(S(=O)(=O)c3ccc4c(c3)oc(=O)n4C)CC2)cc1. The van der Waals surface area contributed by atoms with Crippen molar-refractivity contribution in [1.29, 1.82) is 0 Å². The molecule has 1 fully saturated rings. The summed E-state index contributed by atoms with van der Waals surface area (Å²) >= 11 is 0. The van der Waals surface area contributed by atoms with E-state index < -0.39 is 15.8 Å². The first-order valence-corrected chi connectivity index (χ1v) is 10.7. The number of sulfonamides is 1. The minimum absolute atomic E-state index is 0.0127. The number of rotatable bonds is 4. The molecule has 0 aliphatic carbocycles. The minimum atomic E-state index is -3.69. The number of aromatic nitrogens is 1. The number of carbonyl (C=O) groups excluding carboxylic acids is 1. The Morgan fingerprint density at radius 1 is 1.00 bits per heavy atom. The lowest BCUT2D eigenvalue weighted by molar-refractivity contribution is 0.101. The van der Waals surface area contributed by atoms with E-state index in [9.17, 15) is 18.0 Å². The number of carbonyl (C=O) groups is 1. The molecular weight excluding hydrogens is 394 g/mol. The summed E-state index contributed by atoms with van der Waals surface area (Å²) in [5.74, 6) is -0.516. The molecule has 0 radical (unpaired) electrons. The molecule has 152 valence electrons. The van der Waals surface area contributed by atoms with Gasteiger partial charge in [-0.2, -0.15) is 4.31 Å². The van der Waals surface area contributed by atoms with Gasteiger partial charge in [0.15, 0.2) is 11.4 Å². The smallest absolute Gasteiger partial charge is 0.408 e. The van der Waals surface area contributed by atoms with E-state index in [0.29, 0.717) is 37.3 Å². The van der Waals surface area contributed by atoms with E-state index in [4.69, 9.17) is 4.42 Å². The predicted octanol–water partition coefficient (Wildman–Crippen LogP) is 1.85. The lowest BCUT2D eigenvalue weighted by Crippen LogP contribution is -2.48. The number of piperazine rings is 1. The molecule has 3 aromatic rings. The third kappa shape index (κ3) is 3.47. The van der Waals surface area contributed by atoms with Gasteiger partial charge in [0, 0.05) is 50.5 Å². The zero-order chi connectivity index (χ0) is 20.8. The molecule has 0 atom stereocenters. The van der Waals surface area contributed by atoms with Gasteiger partial charge >= 0.3 is 5.76 Å². The van der Waals surface area contributed by atoms with Gasteiger partial charge in [-0.3, -0.25) is 9.36 Å². The van der Waals surface area contributed by atoms with Crippen molar-refractivity contribution >= 4 is 32.6 Å². The number of fused-ring (bicyclic) bond motifs is 1. The van der Waals surface area contributed by atoms with Crippen LogP contribution < -0.4 is 10.7 Å². The summed E-state index contributed by atoms with van der Waals surface area (Å²) in [5, 5.41) is 0. The number of hydrogen-bond acceptors (Lipinski definition) is 6. The Labute approximate surface area is 168 Å². The fourth-order valence-electron chi connectivity index (χ4n) is 3.52. The summed E-state index contributed by atoms with van der Waals surface area (Å²) in [6, 6.07) is 11.8. The van der Waals surface area contributed by atoms with Crippen LogP contribution in [0.4, 0.5) is 5.69 Å². The number of benzene rings is 2. The number of hydrogen-bond donors (Lipinski definition) is 0. The van der Waals surface area contributed by atoms with E-state index in [1.165, 1.54) is 27.9 Å². The highest BCUT2D eigenvalue weighted by Crippen LogP contribution is 2.24. The van der Waals surface area contributed by atoms with Gasteiger partial charge in [-0.05, 0) is 43.3 Å². The maximum atomic E-state index is 13.0.